The average Bonchev–Trinajstić information content (AvgIpc) is 3.19. The molecule has 1 fully saturated rings. The number of hydrogen-bond donors (Lipinski definition) is 2. The first-order valence-electron chi connectivity index (χ1n) is 10.2. The van der Waals surface area contributed by atoms with E-state index in [0.717, 1.165) is 55.5 Å². The van der Waals surface area contributed by atoms with Gasteiger partial charge in [0.15, 0.2) is 0 Å². The van der Waals surface area contributed by atoms with Crippen molar-refractivity contribution in [2.45, 2.75) is 49.5 Å². The zero-order valence-electron chi connectivity index (χ0n) is 16.9. The van der Waals surface area contributed by atoms with Crippen LogP contribution in [0.4, 0.5) is 13.2 Å². The quantitative estimate of drug-likeness (QED) is 0.590. The van der Waals surface area contributed by atoms with Crippen LogP contribution in [0.25, 0.3) is 0 Å². The van der Waals surface area contributed by atoms with Crippen molar-refractivity contribution in [1.82, 2.24) is 4.72 Å². The third kappa shape index (κ3) is 6.95. The van der Waals surface area contributed by atoms with Crippen LogP contribution < -0.4 is 9.46 Å². The standard InChI is InChI=1S/C22H26F3NO4S/c23-22(24,25)30-18-10-12-19(13-11-18)31(28,29)26-15-17-7-4-8-20(17)21(27)14-9-16-5-2-1-3-6-16/h1-3,5-6,10-13,17,20-21,26-27H,4,7-9,14-15H2/t17-,20+,21?/m0/s1. The molecule has 1 unspecified atom stereocenters. The zero-order chi connectivity index (χ0) is 22.5. The summed E-state index contributed by atoms with van der Waals surface area (Å²) in [6.07, 6.45) is -1.42. The summed E-state index contributed by atoms with van der Waals surface area (Å²) in [6, 6.07) is 14.0. The summed E-state index contributed by atoms with van der Waals surface area (Å²) in [7, 11) is -3.88. The van der Waals surface area contributed by atoms with Crippen molar-refractivity contribution in [3.05, 3.63) is 60.2 Å². The lowest BCUT2D eigenvalue weighted by Crippen LogP contribution is -2.34. The number of alkyl halides is 3. The molecule has 0 aromatic heterocycles. The van der Waals surface area contributed by atoms with Crippen LogP contribution in [-0.2, 0) is 16.4 Å². The van der Waals surface area contributed by atoms with E-state index in [4.69, 9.17) is 0 Å². The normalized spacial score (nSPS) is 20.5. The van der Waals surface area contributed by atoms with Crippen molar-refractivity contribution in [2.75, 3.05) is 6.54 Å². The number of hydrogen-bond acceptors (Lipinski definition) is 4. The van der Waals surface area contributed by atoms with Crippen molar-refractivity contribution < 1.29 is 31.4 Å². The Kier molecular flexibility index (Phi) is 7.61. The number of sulfonamides is 1. The number of aryl methyl sites for hydroxylation is 1. The maximum atomic E-state index is 12.5. The highest BCUT2D eigenvalue weighted by Gasteiger charge is 2.34. The van der Waals surface area contributed by atoms with Gasteiger partial charge in [0.05, 0.1) is 11.0 Å². The van der Waals surface area contributed by atoms with Gasteiger partial charge in [-0.05, 0) is 67.3 Å². The summed E-state index contributed by atoms with van der Waals surface area (Å²) in [5, 5.41) is 10.7. The van der Waals surface area contributed by atoms with E-state index in [0.29, 0.717) is 6.42 Å². The lowest BCUT2D eigenvalue weighted by Gasteiger charge is -2.25. The van der Waals surface area contributed by atoms with Crippen LogP contribution in [0.3, 0.4) is 0 Å². The second-order valence-corrected chi connectivity index (χ2v) is 9.58. The van der Waals surface area contributed by atoms with Gasteiger partial charge in [-0.15, -0.1) is 13.2 Å². The van der Waals surface area contributed by atoms with Crippen molar-refractivity contribution >= 4 is 10.0 Å². The Morgan fingerprint density at radius 2 is 1.74 bits per heavy atom. The summed E-state index contributed by atoms with van der Waals surface area (Å²) in [6.45, 7) is 0.177. The van der Waals surface area contributed by atoms with Crippen molar-refractivity contribution in [3.8, 4) is 5.75 Å². The highest BCUT2D eigenvalue weighted by Crippen LogP contribution is 2.35. The van der Waals surface area contributed by atoms with E-state index in [1.54, 1.807) is 0 Å². The van der Waals surface area contributed by atoms with E-state index in [9.17, 15) is 26.7 Å². The molecular weight excluding hydrogens is 431 g/mol. The fourth-order valence-electron chi connectivity index (χ4n) is 4.12. The summed E-state index contributed by atoms with van der Waals surface area (Å²) in [5.41, 5.74) is 1.15. The molecule has 170 valence electrons. The van der Waals surface area contributed by atoms with Crippen molar-refractivity contribution in [3.63, 3.8) is 0 Å². The summed E-state index contributed by atoms with van der Waals surface area (Å²) >= 11 is 0. The maximum Gasteiger partial charge on any atom is 0.573 e. The highest BCUT2D eigenvalue weighted by molar-refractivity contribution is 7.89. The minimum absolute atomic E-state index is 0.00776. The Bertz CT molecular complexity index is 933. The van der Waals surface area contributed by atoms with Crippen LogP contribution in [0.1, 0.15) is 31.2 Å². The van der Waals surface area contributed by atoms with Gasteiger partial charge in [0, 0.05) is 6.54 Å². The third-order valence-corrected chi connectivity index (χ3v) is 7.13. The molecule has 0 amide bonds. The molecule has 0 radical (unpaired) electrons. The Balaban J connectivity index is 1.54. The fraction of sp³-hybridized carbons (Fsp3) is 0.455. The Hall–Kier alpha value is -2.10. The van der Waals surface area contributed by atoms with Gasteiger partial charge in [0.1, 0.15) is 5.75 Å². The van der Waals surface area contributed by atoms with Gasteiger partial charge in [-0.25, -0.2) is 13.1 Å². The van der Waals surface area contributed by atoms with Crippen LogP contribution >= 0.6 is 0 Å². The first-order chi connectivity index (χ1) is 14.6. The van der Waals surface area contributed by atoms with Gasteiger partial charge >= 0.3 is 6.36 Å². The summed E-state index contributed by atoms with van der Waals surface area (Å²) < 4.78 is 68.1. The SMILES string of the molecule is O=S(=O)(NC[C@@H]1CCC[C@H]1C(O)CCc1ccccc1)c1ccc(OC(F)(F)F)cc1. The van der Waals surface area contributed by atoms with E-state index in [2.05, 4.69) is 9.46 Å². The van der Waals surface area contributed by atoms with Crippen molar-refractivity contribution in [1.29, 1.82) is 0 Å². The molecule has 1 aliphatic carbocycles. The molecule has 0 aliphatic heterocycles. The number of rotatable bonds is 9. The molecule has 0 heterocycles. The molecule has 9 heteroatoms. The first-order valence-corrected chi connectivity index (χ1v) is 11.7. The van der Waals surface area contributed by atoms with Crippen LogP contribution in [0.2, 0.25) is 0 Å². The Labute approximate surface area is 180 Å². The van der Waals surface area contributed by atoms with Gasteiger partial charge in [-0.1, -0.05) is 36.8 Å². The molecule has 0 spiro atoms. The van der Waals surface area contributed by atoms with Gasteiger partial charge in [-0.2, -0.15) is 0 Å². The number of halogens is 3. The predicted molar refractivity (Wildman–Crippen MR) is 110 cm³/mol. The molecule has 5 nitrogen and oxygen atoms in total. The molecule has 3 rings (SSSR count). The van der Waals surface area contributed by atoms with Crippen molar-refractivity contribution in [2.24, 2.45) is 11.8 Å². The smallest absolute Gasteiger partial charge is 0.406 e. The van der Waals surface area contributed by atoms with Crippen LogP contribution in [0, 0.1) is 11.8 Å². The van der Waals surface area contributed by atoms with Gasteiger partial charge in [-0.3, -0.25) is 0 Å². The third-order valence-electron chi connectivity index (χ3n) is 5.69. The van der Waals surface area contributed by atoms with Crippen LogP contribution in [-0.4, -0.2) is 32.5 Å². The Morgan fingerprint density at radius 3 is 2.39 bits per heavy atom. The minimum atomic E-state index is -4.84. The van der Waals surface area contributed by atoms with Crippen LogP contribution in [0.15, 0.2) is 59.5 Å². The van der Waals surface area contributed by atoms with E-state index >= 15 is 0 Å². The largest absolute Gasteiger partial charge is 0.573 e. The van der Waals surface area contributed by atoms with Gasteiger partial charge in [0.2, 0.25) is 10.0 Å². The highest BCUT2D eigenvalue weighted by atomic mass is 32.2. The molecular formula is C22H26F3NO4S. The molecule has 2 aromatic carbocycles. The van der Waals surface area contributed by atoms with E-state index < -0.39 is 28.2 Å². The van der Waals surface area contributed by atoms with Gasteiger partial charge in [0.25, 0.3) is 0 Å². The molecule has 2 aromatic rings. The second-order valence-electron chi connectivity index (χ2n) is 7.82. The summed E-state index contributed by atoms with van der Waals surface area (Å²) in [4.78, 5) is -0.138. The topological polar surface area (TPSA) is 75.6 Å². The monoisotopic (exact) mass is 457 g/mol. The maximum absolute atomic E-state index is 12.5. The molecule has 31 heavy (non-hydrogen) atoms. The molecule has 2 N–H and O–H groups in total. The average molecular weight is 458 g/mol. The molecule has 1 saturated carbocycles. The number of nitrogens with one attached hydrogen (secondary N) is 1. The van der Waals surface area contributed by atoms with Crippen LogP contribution in [0.5, 0.6) is 5.75 Å². The molecule has 0 bridgehead atoms. The number of aliphatic hydroxyl groups is 1. The van der Waals surface area contributed by atoms with E-state index in [-0.39, 0.29) is 23.3 Å². The number of aliphatic hydroxyl groups excluding tert-OH is 1. The number of benzene rings is 2. The summed E-state index contributed by atoms with van der Waals surface area (Å²) in [5.74, 6) is -0.466. The fourth-order valence-corrected chi connectivity index (χ4v) is 5.21. The van der Waals surface area contributed by atoms with Gasteiger partial charge < -0.3 is 9.84 Å². The molecule has 1 aliphatic rings. The minimum Gasteiger partial charge on any atom is -0.406 e. The molecule has 3 atom stereocenters. The molecule has 0 saturated heterocycles. The van der Waals surface area contributed by atoms with E-state index in [1.165, 1.54) is 0 Å². The second kappa shape index (κ2) is 10.0. The Morgan fingerprint density at radius 1 is 1.06 bits per heavy atom. The number of ether oxygens (including phenoxy) is 1. The predicted octanol–water partition coefficient (Wildman–Crippen LogP) is 4.27. The zero-order valence-corrected chi connectivity index (χ0v) is 17.7. The lowest BCUT2D eigenvalue weighted by molar-refractivity contribution is -0.274. The van der Waals surface area contributed by atoms with E-state index in [1.807, 2.05) is 30.3 Å². The lowest BCUT2D eigenvalue weighted by atomic mass is 9.88. The first kappa shape index (κ1) is 23.6.